The predicted octanol–water partition coefficient (Wildman–Crippen LogP) is 1.63. The molecule has 1 aromatic rings. The van der Waals surface area contributed by atoms with Gasteiger partial charge in [0.05, 0.1) is 12.7 Å². The summed E-state index contributed by atoms with van der Waals surface area (Å²) < 4.78 is 5.51. The van der Waals surface area contributed by atoms with Crippen LogP contribution in [0.4, 0.5) is 4.79 Å². The van der Waals surface area contributed by atoms with E-state index in [0.717, 1.165) is 6.42 Å². The number of urea groups is 1. The number of carbonyl (C=O) groups excluding carboxylic acids is 1. The van der Waals surface area contributed by atoms with Gasteiger partial charge in [0.1, 0.15) is 0 Å². The molecule has 0 aliphatic carbocycles. The first-order valence-corrected chi connectivity index (χ1v) is 7.06. The minimum atomic E-state index is -1.07. The summed E-state index contributed by atoms with van der Waals surface area (Å²) in [6.07, 6.45) is 0.842. The van der Waals surface area contributed by atoms with Gasteiger partial charge in [0.25, 0.3) is 0 Å². The number of nitrogens with zero attached hydrogens (tertiary/aromatic N) is 1. The molecule has 0 spiro atoms. The molecule has 21 heavy (non-hydrogen) atoms. The molecule has 1 aliphatic heterocycles. The Hall–Kier alpha value is -2.08. The van der Waals surface area contributed by atoms with Crippen LogP contribution in [0, 0.1) is 0 Å². The molecule has 0 bridgehead atoms. The average Bonchev–Trinajstić information content (AvgIpc) is 2.53. The Labute approximate surface area is 123 Å². The van der Waals surface area contributed by atoms with Gasteiger partial charge in [-0.25, -0.2) is 9.59 Å². The average molecular weight is 292 g/mol. The number of morpholine rings is 1. The van der Waals surface area contributed by atoms with Crippen molar-refractivity contribution in [2.75, 3.05) is 19.7 Å². The first-order chi connectivity index (χ1) is 10.1. The number of carboxylic acids is 1. The van der Waals surface area contributed by atoms with Gasteiger partial charge >= 0.3 is 12.0 Å². The van der Waals surface area contributed by atoms with Gasteiger partial charge in [-0.15, -0.1) is 0 Å². The van der Waals surface area contributed by atoms with E-state index in [-0.39, 0.29) is 12.1 Å². The second-order valence-corrected chi connectivity index (χ2v) is 4.98. The molecule has 1 aliphatic rings. The van der Waals surface area contributed by atoms with Crippen LogP contribution in [0.1, 0.15) is 24.9 Å². The van der Waals surface area contributed by atoms with Crippen molar-refractivity contribution >= 4 is 12.0 Å². The number of rotatable bonds is 4. The predicted molar refractivity (Wildman–Crippen MR) is 77.0 cm³/mol. The zero-order chi connectivity index (χ0) is 15.2. The van der Waals surface area contributed by atoms with E-state index in [0.29, 0.717) is 25.3 Å². The van der Waals surface area contributed by atoms with Crippen molar-refractivity contribution in [2.45, 2.75) is 25.5 Å². The number of aliphatic carboxylic acids is 1. The van der Waals surface area contributed by atoms with Crippen LogP contribution >= 0.6 is 0 Å². The van der Waals surface area contributed by atoms with E-state index < -0.39 is 12.0 Å². The number of carbonyl (C=O) groups is 2. The number of hydrogen-bond donors (Lipinski definition) is 2. The molecule has 6 nitrogen and oxygen atoms in total. The standard InChI is InChI=1S/C15H20N2O4/c1-2-12-10-17(8-9-21-12)15(20)16-13(14(18)19)11-6-4-3-5-7-11/h3-7,12-13H,2,8-10H2,1H3,(H,16,20)(H,18,19)/t12?,13-/m1/s1. The molecule has 0 aromatic heterocycles. The summed E-state index contributed by atoms with van der Waals surface area (Å²) >= 11 is 0. The first kappa shape index (κ1) is 15.3. The van der Waals surface area contributed by atoms with Crippen molar-refractivity contribution in [2.24, 2.45) is 0 Å². The maximum Gasteiger partial charge on any atom is 0.330 e. The molecular weight excluding hydrogens is 272 g/mol. The van der Waals surface area contributed by atoms with Crippen molar-refractivity contribution in [1.82, 2.24) is 10.2 Å². The van der Waals surface area contributed by atoms with Crippen LogP contribution < -0.4 is 5.32 Å². The van der Waals surface area contributed by atoms with Crippen LogP contribution in [0.5, 0.6) is 0 Å². The van der Waals surface area contributed by atoms with E-state index in [2.05, 4.69) is 5.32 Å². The van der Waals surface area contributed by atoms with Crippen molar-refractivity contribution in [3.05, 3.63) is 35.9 Å². The Morgan fingerprint density at radius 3 is 2.76 bits per heavy atom. The van der Waals surface area contributed by atoms with Gasteiger partial charge < -0.3 is 20.1 Å². The van der Waals surface area contributed by atoms with Crippen molar-refractivity contribution in [3.8, 4) is 0 Å². The quantitative estimate of drug-likeness (QED) is 0.884. The van der Waals surface area contributed by atoms with Gasteiger partial charge in [-0.3, -0.25) is 0 Å². The molecule has 0 saturated carbocycles. The summed E-state index contributed by atoms with van der Waals surface area (Å²) in [5.74, 6) is -1.07. The third-order valence-corrected chi connectivity index (χ3v) is 3.53. The Kier molecular flexibility index (Phi) is 5.16. The van der Waals surface area contributed by atoms with Gasteiger partial charge in [-0.1, -0.05) is 37.3 Å². The minimum Gasteiger partial charge on any atom is -0.479 e. The van der Waals surface area contributed by atoms with E-state index in [1.165, 1.54) is 0 Å². The van der Waals surface area contributed by atoms with Gasteiger partial charge in [0.15, 0.2) is 6.04 Å². The molecule has 1 saturated heterocycles. The minimum absolute atomic E-state index is 0.0181. The lowest BCUT2D eigenvalue weighted by Gasteiger charge is -2.33. The second-order valence-electron chi connectivity index (χ2n) is 4.98. The number of benzene rings is 1. The molecular formula is C15H20N2O4. The molecule has 1 fully saturated rings. The molecule has 0 radical (unpaired) electrons. The highest BCUT2D eigenvalue weighted by Gasteiger charge is 2.27. The highest BCUT2D eigenvalue weighted by Crippen LogP contribution is 2.14. The fourth-order valence-electron chi connectivity index (χ4n) is 2.30. The van der Waals surface area contributed by atoms with Crippen LogP contribution in [0.3, 0.4) is 0 Å². The van der Waals surface area contributed by atoms with Crippen molar-refractivity contribution < 1.29 is 19.4 Å². The van der Waals surface area contributed by atoms with E-state index in [1.807, 2.05) is 6.92 Å². The van der Waals surface area contributed by atoms with E-state index >= 15 is 0 Å². The lowest BCUT2D eigenvalue weighted by atomic mass is 10.1. The summed E-state index contributed by atoms with van der Waals surface area (Å²) in [5, 5.41) is 11.9. The lowest BCUT2D eigenvalue weighted by molar-refractivity contribution is -0.139. The smallest absolute Gasteiger partial charge is 0.330 e. The van der Waals surface area contributed by atoms with Crippen molar-refractivity contribution in [1.29, 1.82) is 0 Å². The Morgan fingerprint density at radius 2 is 2.14 bits per heavy atom. The fraction of sp³-hybridized carbons (Fsp3) is 0.467. The largest absolute Gasteiger partial charge is 0.479 e. The van der Waals surface area contributed by atoms with Crippen molar-refractivity contribution in [3.63, 3.8) is 0 Å². The summed E-state index contributed by atoms with van der Waals surface area (Å²) in [6, 6.07) is 7.27. The zero-order valence-electron chi connectivity index (χ0n) is 12.0. The van der Waals surface area contributed by atoms with E-state index in [1.54, 1.807) is 35.2 Å². The SMILES string of the molecule is CCC1CN(C(=O)N[C@@H](C(=O)O)c2ccccc2)CCO1. The summed E-state index contributed by atoms with van der Waals surface area (Å²) in [7, 11) is 0. The topological polar surface area (TPSA) is 78.9 Å². The Balaban J connectivity index is 2.03. The summed E-state index contributed by atoms with van der Waals surface area (Å²) in [4.78, 5) is 25.2. The molecule has 1 heterocycles. The number of amides is 2. The van der Waals surface area contributed by atoms with Gasteiger partial charge in [0, 0.05) is 13.1 Å². The highest BCUT2D eigenvalue weighted by atomic mass is 16.5. The molecule has 6 heteroatoms. The van der Waals surface area contributed by atoms with E-state index in [4.69, 9.17) is 4.74 Å². The van der Waals surface area contributed by atoms with Gasteiger partial charge in [0.2, 0.25) is 0 Å². The number of hydrogen-bond acceptors (Lipinski definition) is 3. The number of nitrogens with one attached hydrogen (secondary N) is 1. The van der Waals surface area contributed by atoms with Crippen LogP contribution in [0.15, 0.2) is 30.3 Å². The Bertz CT molecular complexity index is 492. The maximum absolute atomic E-state index is 12.2. The zero-order valence-corrected chi connectivity index (χ0v) is 12.0. The third-order valence-electron chi connectivity index (χ3n) is 3.53. The monoisotopic (exact) mass is 292 g/mol. The molecule has 1 aromatic carbocycles. The number of ether oxygens (including phenoxy) is 1. The fourth-order valence-corrected chi connectivity index (χ4v) is 2.30. The summed E-state index contributed by atoms with van der Waals surface area (Å²) in [5.41, 5.74) is 0.554. The van der Waals surface area contributed by atoms with Gasteiger partial charge in [-0.2, -0.15) is 0 Å². The normalized spacial score (nSPS) is 19.9. The van der Waals surface area contributed by atoms with Crippen LogP contribution in [-0.4, -0.2) is 47.8 Å². The molecule has 2 amide bonds. The first-order valence-electron chi connectivity index (χ1n) is 7.06. The maximum atomic E-state index is 12.2. The van der Waals surface area contributed by atoms with Gasteiger partial charge in [-0.05, 0) is 12.0 Å². The molecule has 1 unspecified atom stereocenters. The molecule has 2 atom stereocenters. The molecule has 114 valence electrons. The number of carboxylic acid groups (broad SMARTS) is 1. The Morgan fingerprint density at radius 1 is 1.43 bits per heavy atom. The molecule has 2 rings (SSSR count). The molecule has 2 N–H and O–H groups in total. The van der Waals surface area contributed by atoms with Crippen LogP contribution in [0.2, 0.25) is 0 Å². The second kappa shape index (κ2) is 7.08. The van der Waals surface area contributed by atoms with Crippen LogP contribution in [0.25, 0.3) is 0 Å². The van der Waals surface area contributed by atoms with Crippen LogP contribution in [-0.2, 0) is 9.53 Å². The third kappa shape index (κ3) is 3.95. The highest BCUT2D eigenvalue weighted by molar-refractivity contribution is 5.83. The van der Waals surface area contributed by atoms with E-state index in [9.17, 15) is 14.7 Å². The summed E-state index contributed by atoms with van der Waals surface area (Å²) in [6.45, 7) is 3.44. The lowest BCUT2D eigenvalue weighted by Crippen LogP contribution is -2.51.